The van der Waals surface area contributed by atoms with Crippen LogP contribution >= 0.6 is 0 Å². The van der Waals surface area contributed by atoms with Crippen molar-refractivity contribution in [1.29, 1.82) is 0 Å². The fraction of sp³-hybridized carbons (Fsp3) is 0.400. The second-order valence-electron chi connectivity index (χ2n) is 7.63. The zero-order valence-corrected chi connectivity index (χ0v) is 17.0. The molecular weight excluding hydrogens is 344 g/mol. The summed E-state index contributed by atoms with van der Waals surface area (Å²) >= 11 is 0. The first kappa shape index (κ1) is 20.3. The molecule has 0 aliphatic carbocycles. The van der Waals surface area contributed by atoms with Gasteiger partial charge in [0.2, 0.25) is 5.91 Å². The van der Waals surface area contributed by atoms with Crippen molar-refractivity contribution in [3.63, 3.8) is 0 Å². The molecule has 2 atom stereocenters. The number of likely N-dealkylation sites (tertiary alicyclic amines) is 1. The molecule has 1 fully saturated rings. The van der Waals surface area contributed by atoms with Crippen LogP contribution in [0.15, 0.2) is 73.3 Å². The van der Waals surface area contributed by atoms with Gasteiger partial charge in [-0.2, -0.15) is 0 Å². The predicted octanol–water partition coefficient (Wildman–Crippen LogP) is 4.94. The Kier molecular flexibility index (Phi) is 7.44. The highest BCUT2D eigenvalue weighted by Crippen LogP contribution is 2.30. The van der Waals surface area contributed by atoms with Crippen molar-refractivity contribution < 1.29 is 4.79 Å². The maximum Gasteiger partial charge on any atom is 0.226 e. The molecule has 0 bridgehead atoms. The first-order valence-corrected chi connectivity index (χ1v) is 10.5. The summed E-state index contributed by atoms with van der Waals surface area (Å²) in [4.78, 5) is 17.5. The molecule has 3 rings (SSSR count). The van der Waals surface area contributed by atoms with Crippen LogP contribution in [0.1, 0.15) is 31.7 Å². The molecule has 148 valence electrons. The summed E-state index contributed by atoms with van der Waals surface area (Å²) < 4.78 is 0. The monoisotopic (exact) mass is 376 g/mol. The van der Waals surface area contributed by atoms with E-state index in [-0.39, 0.29) is 11.9 Å². The number of amides is 1. The average Bonchev–Trinajstić information content (AvgIpc) is 2.75. The minimum atomic E-state index is 0.211. The van der Waals surface area contributed by atoms with Crippen LogP contribution in [0.3, 0.4) is 0 Å². The Labute approximate surface area is 169 Å². The highest BCUT2D eigenvalue weighted by Gasteiger charge is 2.35. The smallest absolute Gasteiger partial charge is 0.226 e. The number of carbonyl (C=O) groups is 1. The lowest BCUT2D eigenvalue weighted by Crippen LogP contribution is -2.53. The summed E-state index contributed by atoms with van der Waals surface area (Å²) in [5.41, 5.74) is 2.41. The predicted molar refractivity (Wildman–Crippen MR) is 118 cm³/mol. The van der Waals surface area contributed by atoms with Crippen LogP contribution in [0.25, 0.3) is 0 Å². The first-order valence-electron chi connectivity index (χ1n) is 10.5. The third-order valence-electron chi connectivity index (χ3n) is 5.74. The number of benzene rings is 2. The van der Waals surface area contributed by atoms with Gasteiger partial charge in [0, 0.05) is 37.8 Å². The number of para-hydroxylation sites is 1. The van der Waals surface area contributed by atoms with Crippen molar-refractivity contribution in [3.05, 3.63) is 78.9 Å². The first-order chi connectivity index (χ1) is 13.7. The van der Waals surface area contributed by atoms with Gasteiger partial charge in [-0.3, -0.25) is 4.79 Å². The van der Waals surface area contributed by atoms with Crippen molar-refractivity contribution in [3.8, 4) is 0 Å². The highest BCUT2D eigenvalue weighted by molar-refractivity contribution is 5.93. The van der Waals surface area contributed by atoms with E-state index >= 15 is 0 Å². The minimum Gasteiger partial charge on any atom is -0.309 e. The third-order valence-corrected chi connectivity index (χ3v) is 5.74. The largest absolute Gasteiger partial charge is 0.309 e. The summed E-state index contributed by atoms with van der Waals surface area (Å²) in [7, 11) is 0. The Balaban J connectivity index is 1.72. The lowest BCUT2D eigenvalue weighted by Gasteiger charge is -2.44. The molecule has 28 heavy (non-hydrogen) atoms. The number of hydrogen-bond donors (Lipinski definition) is 0. The van der Waals surface area contributed by atoms with Gasteiger partial charge in [0.1, 0.15) is 0 Å². The molecule has 1 aliphatic heterocycles. The van der Waals surface area contributed by atoms with Crippen molar-refractivity contribution in [2.75, 3.05) is 24.5 Å². The normalized spacial score (nSPS) is 19.9. The molecule has 1 aliphatic rings. The molecule has 3 heteroatoms. The molecule has 1 saturated heterocycles. The number of anilines is 1. The van der Waals surface area contributed by atoms with Crippen LogP contribution < -0.4 is 4.90 Å². The van der Waals surface area contributed by atoms with E-state index in [0.29, 0.717) is 12.3 Å². The minimum absolute atomic E-state index is 0.211. The van der Waals surface area contributed by atoms with Crippen LogP contribution in [-0.4, -0.2) is 36.5 Å². The fourth-order valence-electron chi connectivity index (χ4n) is 4.30. The molecule has 2 aromatic rings. The molecule has 1 heterocycles. The van der Waals surface area contributed by atoms with Crippen LogP contribution in [0, 0.1) is 5.92 Å². The third kappa shape index (κ3) is 5.11. The van der Waals surface area contributed by atoms with Gasteiger partial charge in [0.15, 0.2) is 0 Å². The number of hydrogen-bond acceptors (Lipinski definition) is 2. The summed E-state index contributed by atoms with van der Waals surface area (Å²) in [6.07, 6.45) is 5.56. The Morgan fingerprint density at radius 2 is 1.82 bits per heavy atom. The standard InChI is InChI=1S/C25H32N2O/c1-3-11-22-20-26(18-16-21-12-7-5-8-13-21)19-17-24(22)27(25(28)4-2)23-14-9-6-10-15-23/h3,5-10,12-15,22,24H,1,4,11,16-20H2,2H3. The van der Waals surface area contributed by atoms with E-state index < -0.39 is 0 Å². The van der Waals surface area contributed by atoms with Gasteiger partial charge in [0.05, 0.1) is 0 Å². The van der Waals surface area contributed by atoms with Crippen LogP contribution in [0.4, 0.5) is 5.69 Å². The Bertz CT molecular complexity index is 744. The van der Waals surface area contributed by atoms with E-state index in [9.17, 15) is 4.79 Å². The van der Waals surface area contributed by atoms with Gasteiger partial charge < -0.3 is 9.80 Å². The Morgan fingerprint density at radius 3 is 2.46 bits per heavy atom. The zero-order chi connectivity index (χ0) is 19.8. The molecule has 2 unspecified atom stereocenters. The molecule has 3 nitrogen and oxygen atoms in total. The number of carbonyl (C=O) groups excluding carboxylic acids is 1. The molecule has 2 aromatic carbocycles. The Hall–Kier alpha value is -2.39. The number of rotatable bonds is 8. The van der Waals surface area contributed by atoms with Gasteiger partial charge in [-0.05, 0) is 42.9 Å². The number of nitrogens with zero attached hydrogens (tertiary/aromatic N) is 2. The van der Waals surface area contributed by atoms with Gasteiger partial charge in [0.25, 0.3) is 0 Å². The second kappa shape index (κ2) is 10.2. The molecule has 0 saturated carbocycles. The molecule has 0 spiro atoms. The maximum atomic E-state index is 12.8. The van der Waals surface area contributed by atoms with E-state index in [1.54, 1.807) is 0 Å². The zero-order valence-electron chi connectivity index (χ0n) is 17.0. The van der Waals surface area contributed by atoms with Crippen molar-refractivity contribution in [2.45, 2.75) is 38.6 Å². The molecule has 0 N–H and O–H groups in total. The van der Waals surface area contributed by atoms with Crippen molar-refractivity contribution in [1.82, 2.24) is 4.90 Å². The summed E-state index contributed by atoms with van der Waals surface area (Å²) in [6.45, 7) is 9.05. The molecule has 0 aromatic heterocycles. The average molecular weight is 377 g/mol. The van der Waals surface area contributed by atoms with Crippen molar-refractivity contribution in [2.24, 2.45) is 5.92 Å². The maximum absolute atomic E-state index is 12.8. The summed E-state index contributed by atoms with van der Waals surface area (Å²) in [5, 5.41) is 0. The lowest BCUT2D eigenvalue weighted by molar-refractivity contribution is -0.119. The molecule has 1 amide bonds. The number of piperidine rings is 1. The quantitative estimate of drug-likeness (QED) is 0.609. The molecular formula is C25H32N2O. The highest BCUT2D eigenvalue weighted by atomic mass is 16.2. The van der Waals surface area contributed by atoms with Gasteiger partial charge in [-0.25, -0.2) is 0 Å². The van der Waals surface area contributed by atoms with E-state index in [2.05, 4.69) is 58.8 Å². The summed E-state index contributed by atoms with van der Waals surface area (Å²) in [5.74, 6) is 0.626. The Morgan fingerprint density at radius 1 is 1.14 bits per heavy atom. The van der Waals surface area contributed by atoms with Crippen LogP contribution in [-0.2, 0) is 11.2 Å². The second-order valence-corrected chi connectivity index (χ2v) is 7.63. The van der Waals surface area contributed by atoms with E-state index in [1.807, 2.05) is 31.2 Å². The number of allylic oxidation sites excluding steroid dienone is 1. The van der Waals surface area contributed by atoms with Crippen LogP contribution in [0.2, 0.25) is 0 Å². The SMILES string of the molecule is C=CCC1CN(CCc2ccccc2)CCC1N(C(=O)CC)c1ccccc1. The summed E-state index contributed by atoms with van der Waals surface area (Å²) in [6, 6.07) is 21.1. The topological polar surface area (TPSA) is 23.6 Å². The van der Waals surface area contributed by atoms with Crippen LogP contribution in [0.5, 0.6) is 0 Å². The molecule has 0 radical (unpaired) electrons. The van der Waals surface area contributed by atoms with E-state index in [4.69, 9.17) is 0 Å². The van der Waals surface area contributed by atoms with Gasteiger partial charge in [-0.1, -0.05) is 61.5 Å². The van der Waals surface area contributed by atoms with Gasteiger partial charge in [-0.15, -0.1) is 6.58 Å². The van der Waals surface area contributed by atoms with Crippen molar-refractivity contribution >= 4 is 11.6 Å². The fourth-order valence-corrected chi connectivity index (χ4v) is 4.30. The lowest BCUT2D eigenvalue weighted by atomic mass is 9.87. The van der Waals surface area contributed by atoms with Gasteiger partial charge >= 0.3 is 0 Å². The van der Waals surface area contributed by atoms with E-state index in [1.165, 1.54) is 5.56 Å². The van der Waals surface area contributed by atoms with E-state index in [0.717, 1.165) is 44.6 Å².